The molecule has 1 heterocycles. The van der Waals surface area contributed by atoms with Crippen LogP contribution in [0.2, 0.25) is 0 Å². The van der Waals surface area contributed by atoms with Gasteiger partial charge in [0.1, 0.15) is 34.9 Å². The van der Waals surface area contributed by atoms with Crippen molar-refractivity contribution in [3.63, 3.8) is 0 Å². The van der Waals surface area contributed by atoms with Crippen molar-refractivity contribution in [2.75, 3.05) is 0 Å². The van der Waals surface area contributed by atoms with Gasteiger partial charge in [-0.25, -0.2) is 9.37 Å². The number of Topliss-reactive ketones (excluding diaryl/α,β-unsaturated/α-hetero) is 1. The molecule has 0 saturated carbocycles. The van der Waals surface area contributed by atoms with Gasteiger partial charge >= 0.3 is 0 Å². The Morgan fingerprint density at radius 2 is 1.75 bits per heavy atom. The average molecular weight is 509 g/mol. The molecule has 184 valence electrons. The van der Waals surface area contributed by atoms with Gasteiger partial charge in [0, 0.05) is 11.1 Å². The molecular formula is C25H21FN4O5S. The van der Waals surface area contributed by atoms with Crippen LogP contribution in [0, 0.1) is 5.82 Å². The number of aliphatic hydroxyl groups is 2. The zero-order chi connectivity index (χ0) is 26.0. The van der Waals surface area contributed by atoms with E-state index < -0.39 is 39.3 Å². The predicted octanol–water partition coefficient (Wildman–Crippen LogP) is 3.44. The number of hydrogen-bond acceptors (Lipinski definition) is 6. The van der Waals surface area contributed by atoms with Gasteiger partial charge in [0.15, 0.2) is 0 Å². The fourth-order valence-electron chi connectivity index (χ4n) is 3.39. The number of hydrogen-bond donors (Lipinski definition) is 4. The van der Waals surface area contributed by atoms with E-state index in [2.05, 4.69) is 14.4 Å². The van der Waals surface area contributed by atoms with Gasteiger partial charge in [-0.3, -0.25) is 4.79 Å². The van der Waals surface area contributed by atoms with Gasteiger partial charge in [0.25, 0.3) is 10.0 Å². The molecule has 0 bridgehead atoms. The molecule has 0 aliphatic carbocycles. The quantitative estimate of drug-likeness (QED) is 0.0978. The van der Waals surface area contributed by atoms with Gasteiger partial charge in [-0.2, -0.15) is 8.42 Å². The number of aromatic amines is 1. The summed E-state index contributed by atoms with van der Waals surface area (Å²) in [7, 11) is -4.35. The predicted molar refractivity (Wildman–Crippen MR) is 133 cm³/mol. The number of H-pyrrole nitrogens is 1. The van der Waals surface area contributed by atoms with Crippen LogP contribution in [0.3, 0.4) is 0 Å². The molecule has 36 heavy (non-hydrogen) atoms. The number of fused-ring (bicyclic) bond motifs is 1. The van der Waals surface area contributed by atoms with E-state index in [1.807, 2.05) is 0 Å². The molecule has 4 rings (SSSR count). The molecule has 0 unspecified atom stereocenters. The number of nitrogens with two attached hydrogens (primary N) is 1. The maximum Gasteiger partial charge on any atom is 0.284 e. The van der Waals surface area contributed by atoms with Crippen LogP contribution in [-0.2, 0) is 10.0 Å². The highest BCUT2D eigenvalue weighted by Gasteiger charge is 2.25. The molecule has 4 aromatic rings. The molecule has 0 saturated heterocycles. The fourth-order valence-corrected chi connectivity index (χ4v) is 4.45. The molecule has 1 aromatic heterocycles. The maximum absolute atomic E-state index is 13.9. The van der Waals surface area contributed by atoms with Gasteiger partial charge in [0.2, 0.25) is 5.78 Å². The summed E-state index contributed by atoms with van der Waals surface area (Å²) in [6.45, 7) is 1.26. The summed E-state index contributed by atoms with van der Waals surface area (Å²) in [5.74, 6) is -2.47. The minimum absolute atomic E-state index is 0.00703. The third-order valence-corrected chi connectivity index (χ3v) is 6.54. The third-order valence-electron chi connectivity index (χ3n) is 5.24. The molecule has 5 N–H and O–H groups in total. The number of allylic oxidation sites excluding steroid dienone is 1. The van der Waals surface area contributed by atoms with Crippen LogP contribution < -0.4 is 5.73 Å². The Morgan fingerprint density at radius 3 is 2.44 bits per heavy atom. The number of aliphatic hydroxyl groups excluding tert-OH is 2. The SMILES string of the molecule is C[C@@H](O)/C(N)=N/S(=O)(=O)c1cccc(C(=O)/C(=C(/O)c2cccc(F)c2)c2nc3ccccc3[nH]2)c1. The standard InChI is InChI=1S/C25H21FN4O5S/c1-14(31)24(27)30-36(34,35)18-9-5-7-16(13-18)23(33)21(22(32)15-6-4-8-17(26)12-15)25-28-19-10-2-3-11-20(19)29-25/h2-14,31-32H,1H3,(H2,27,30)(H,28,29)/b22-21-/t14-/m1/s1. The van der Waals surface area contributed by atoms with E-state index in [1.54, 1.807) is 24.3 Å². The molecule has 0 fully saturated rings. The second-order valence-corrected chi connectivity index (χ2v) is 9.46. The first-order chi connectivity index (χ1) is 17.1. The van der Waals surface area contributed by atoms with E-state index in [0.29, 0.717) is 11.0 Å². The van der Waals surface area contributed by atoms with Crippen molar-refractivity contribution in [3.8, 4) is 0 Å². The first kappa shape index (κ1) is 24.8. The second-order valence-electron chi connectivity index (χ2n) is 7.86. The molecular weight excluding hydrogens is 487 g/mol. The van der Waals surface area contributed by atoms with Gasteiger partial charge in [-0.1, -0.05) is 36.4 Å². The number of carbonyl (C=O) groups excluding carboxylic acids is 1. The number of imidazole rings is 1. The summed E-state index contributed by atoms with van der Waals surface area (Å²) in [5, 5.41) is 20.5. The highest BCUT2D eigenvalue weighted by molar-refractivity contribution is 7.90. The van der Waals surface area contributed by atoms with E-state index in [4.69, 9.17) is 5.73 Å². The first-order valence-corrected chi connectivity index (χ1v) is 12.1. The number of aromatic nitrogens is 2. The molecule has 0 aliphatic rings. The van der Waals surface area contributed by atoms with Crippen LogP contribution in [0.1, 0.15) is 28.7 Å². The fraction of sp³-hybridized carbons (Fsp3) is 0.0800. The lowest BCUT2D eigenvalue weighted by atomic mass is 9.98. The van der Waals surface area contributed by atoms with Crippen molar-refractivity contribution in [3.05, 3.63) is 95.6 Å². The number of amidine groups is 1. The van der Waals surface area contributed by atoms with Crippen LogP contribution in [0.5, 0.6) is 0 Å². The van der Waals surface area contributed by atoms with E-state index >= 15 is 0 Å². The highest BCUT2D eigenvalue weighted by atomic mass is 32.2. The third kappa shape index (κ3) is 5.02. The molecule has 3 aromatic carbocycles. The monoisotopic (exact) mass is 508 g/mol. The number of carbonyl (C=O) groups is 1. The summed E-state index contributed by atoms with van der Waals surface area (Å²) < 4.78 is 42.6. The summed E-state index contributed by atoms with van der Waals surface area (Å²) in [4.78, 5) is 20.7. The minimum Gasteiger partial charge on any atom is -0.506 e. The highest BCUT2D eigenvalue weighted by Crippen LogP contribution is 2.29. The van der Waals surface area contributed by atoms with E-state index in [9.17, 15) is 27.8 Å². The van der Waals surface area contributed by atoms with Crippen molar-refractivity contribution in [2.24, 2.45) is 10.1 Å². The largest absolute Gasteiger partial charge is 0.506 e. The second kappa shape index (κ2) is 9.72. The number of sulfonamides is 1. The Labute approximate surface area is 205 Å². The molecule has 11 heteroatoms. The van der Waals surface area contributed by atoms with E-state index in [-0.39, 0.29) is 27.4 Å². The van der Waals surface area contributed by atoms with Crippen molar-refractivity contribution in [2.45, 2.75) is 17.9 Å². The lowest BCUT2D eigenvalue weighted by Crippen LogP contribution is -2.27. The number of benzene rings is 3. The van der Waals surface area contributed by atoms with Crippen LogP contribution in [0.25, 0.3) is 22.4 Å². The minimum atomic E-state index is -4.35. The molecule has 0 spiro atoms. The average Bonchev–Trinajstić information content (AvgIpc) is 3.27. The first-order valence-electron chi connectivity index (χ1n) is 10.6. The van der Waals surface area contributed by atoms with E-state index in [1.165, 1.54) is 43.3 Å². The van der Waals surface area contributed by atoms with Crippen LogP contribution in [0.4, 0.5) is 4.39 Å². The molecule has 1 atom stereocenters. The van der Waals surface area contributed by atoms with Crippen molar-refractivity contribution in [1.29, 1.82) is 0 Å². The van der Waals surface area contributed by atoms with Crippen LogP contribution in [-0.4, -0.2) is 46.3 Å². The zero-order valence-electron chi connectivity index (χ0n) is 18.9. The normalized spacial score (nSPS) is 13.9. The van der Waals surface area contributed by atoms with Gasteiger partial charge < -0.3 is 20.9 Å². The molecule has 0 aliphatic heterocycles. The Morgan fingerprint density at radius 1 is 1.06 bits per heavy atom. The van der Waals surface area contributed by atoms with Crippen LogP contribution >= 0.6 is 0 Å². The number of nitrogens with one attached hydrogen (secondary N) is 1. The Kier molecular flexibility index (Phi) is 6.69. The topological polar surface area (TPSA) is 159 Å². The number of nitrogens with zero attached hydrogens (tertiary/aromatic N) is 2. The zero-order valence-corrected chi connectivity index (χ0v) is 19.7. The molecule has 0 radical (unpaired) electrons. The van der Waals surface area contributed by atoms with Crippen molar-refractivity contribution >= 4 is 44.0 Å². The molecule has 0 amide bonds. The lowest BCUT2D eigenvalue weighted by Gasteiger charge is -2.10. The van der Waals surface area contributed by atoms with Crippen LogP contribution in [0.15, 0.2) is 82.1 Å². The smallest absolute Gasteiger partial charge is 0.284 e. The molecule has 9 nitrogen and oxygen atoms in total. The van der Waals surface area contributed by atoms with Crippen molar-refractivity contribution < 1.29 is 27.8 Å². The summed E-state index contributed by atoms with van der Waals surface area (Å²) in [6, 6.07) is 16.9. The number of halogens is 1. The Bertz CT molecular complexity index is 1610. The lowest BCUT2D eigenvalue weighted by molar-refractivity contribution is 0.105. The van der Waals surface area contributed by atoms with Gasteiger partial charge in [-0.05, 0) is 43.3 Å². The number of rotatable bonds is 7. The van der Waals surface area contributed by atoms with Crippen molar-refractivity contribution in [1.82, 2.24) is 9.97 Å². The summed E-state index contributed by atoms with van der Waals surface area (Å²) in [6.07, 6.45) is -1.30. The van der Waals surface area contributed by atoms with Gasteiger partial charge in [0.05, 0.1) is 15.9 Å². The van der Waals surface area contributed by atoms with Gasteiger partial charge in [-0.15, -0.1) is 4.40 Å². The maximum atomic E-state index is 13.9. The Balaban J connectivity index is 1.88. The summed E-state index contributed by atoms with van der Waals surface area (Å²) in [5.41, 5.74) is 6.21. The summed E-state index contributed by atoms with van der Waals surface area (Å²) >= 11 is 0. The van der Waals surface area contributed by atoms with E-state index in [0.717, 1.165) is 12.1 Å². The number of para-hydroxylation sites is 2. The number of ketones is 1. The Hall–Kier alpha value is -4.35.